The number of para-hydroxylation sites is 1. The lowest BCUT2D eigenvalue weighted by Crippen LogP contribution is -2.35. The van der Waals surface area contributed by atoms with Crippen molar-refractivity contribution in [1.82, 2.24) is 4.90 Å². The molecule has 0 amide bonds. The maximum absolute atomic E-state index is 13.3. The summed E-state index contributed by atoms with van der Waals surface area (Å²) in [6, 6.07) is 22.4. The molecule has 1 N–H and O–H groups in total. The Morgan fingerprint density at radius 1 is 0.931 bits per heavy atom. The third-order valence-corrected chi connectivity index (χ3v) is 4.87. The lowest BCUT2D eigenvalue weighted by molar-refractivity contribution is 0.0628. The van der Waals surface area contributed by atoms with Crippen LogP contribution in [-0.4, -0.2) is 29.3 Å². The maximum atomic E-state index is 13.3. The maximum Gasteiger partial charge on any atom is 0.123 e. The van der Waals surface area contributed by atoms with Crippen molar-refractivity contribution >= 4 is 0 Å². The highest BCUT2D eigenvalue weighted by molar-refractivity contribution is 5.30. The minimum atomic E-state index is -0.638. The molecule has 4 heteroatoms. The van der Waals surface area contributed by atoms with Gasteiger partial charge in [-0.3, -0.25) is 4.90 Å². The second-order valence-corrected chi connectivity index (χ2v) is 7.50. The smallest absolute Gasteiger partial charge is 0.123 e. The van der Waals surface area contributed by atoms with E-state index >= 15 is 0 Å². The molecule has 1 atom stereocenters. The number of benzene rings is 3. The van der Waals surface area contributed by atoms with Gasteiger partial charge in [0, 0.05) is 19.6 Å². The number of ether oxygens (including phenoxy) is 1. The monoisotopic (exact) mass is 393 g/mol. The van der Waals surface area contributed by atoms with Gasteiger partial charge in [0.25, 0.3) is 0 Å². The summed E-state index contributed by atoms with van der Waals surface area (Å²) in [4.78, 5) is 2.17. The number of hydrogen-bond acceptors (Lipinski definition) is 3. The van der Waals surface area contributed by atoms with E-state index in [1.54, 1.807) is 12.1 Å². The Morgan fingerprint density at radius 3 is 2.34 bits per heavy atom. The third kappa shape index (κ3) is 6.70. The van der Waals surface area contributed by atoms with E-state index in [-0.39, 0.29) is 12.4 Å². The second-order valence-electron chi connectivity index (χ2n) is 7.50. The van der Waals surface area contributed by atoms with E-state index in [1.807, 2.05) is 30.3 Å². The summed E-state index contributed by atoms with van der Waals surface area (Å²) in [6.07, 6.45) is -0.638. The van der Waals surface area contributed by atoms with Gasteiger partial charge in [0.05, 0.1) is 0 Å². The van der Waals surface area contributed by atoms with Crippen LogP contribution in [0.15, 0.2) is 72.8 Å². The summed E-state index contributed by atoms with van der Waals surface area (Å²) in [5, 5.41) is 10.6. The van der Waals surface area contributed by atoms with Crippen LogP contribution >= 0.6 is 0 Å². The van der Waals surface area contributed by atoms with Crippen LogP contribution in [0.25, 0.3) is 0 Å². The molecule has 0 radical (unpaired) electrons. The normalized spacial score (nSPS) is 12.2. The van der Waals surface area contributed by atoms with Crippen LogP contribution in [-0.2, 0) is 13.1 Å². The highest BCUT2D eigenvalue weighted by Crippen LogP contribution is 2.16. The number of rotatable bonds is 9. The van der Waals surface area contributed by atoms with E-state index in [9.17, 15) is 9.50 Å². The van der Waals surface area contributed by atoms with E-state index in [4.69, 9.17) is 4.74 Å². The molecule has 0 spiro atoms. The fourth-order valence-corrected chi connectivity index (χ4v) is 3.36. The van der Waals surface area contributed by atoms with E-state index in [0.717, 1.165) is 11.3 Å². The molecule has 0 aromatic heterocycles. The quantitative estimate of drug-likeness (QED) is 0.562. The molecule has 0 saturated heterocycles. The van der Waals surface area contributed by atoms with Crippen LogP contribution in [0.4, 0.5) is 4.39 Å². The van der Waals surface area contributed by atoms with Crippen LogP contribution in [0.3, 0.4) is 0 Å². The number of aliphatic hydroxyl groups excluding tert-OH is 1. The first kappa shape index (κ1) is 21.0. The molecule has 3 aromatic rings. The molecule has 3 aromatic carbocycles. The summed E-state index contributed by atoms with van der Waals surface area (Å²) < 4.78 is 19.0. The van der Waals surface area contributed by atoms with E-state index in [0.29, 0.717) is 19.6 Å². The molecule has 0 aliphatic carbocycles. The molecule has 3 rings (SSSR count). The van der Waals surface area contributed by atoms with Gasteiger partial charge in [-0.05, 0) is 54.8 Å². The molecule has 0 saturated carbocycles. The summed E-state index contributed by atoms with van der Waals surface area (Å²) in [6.45, 7) is 6.18. The van der Waals surface area contributed by atoms with E-state index in [2.05, 4.69) is 36.9 Å². The molecular weight excluding hydrogens is 365 g/mol. The Morgan fingerprint density at radius 2 is 1.66 bits per heavy atom. The third-order valence-electron chi connectivity index (χ3n) is 4.87. The molecule has 152 valence electrons. The predicted octanol–water partition coefficient (Wildman–Crippen LogP) is 4.88. The fraction of sp³-hybridized carbons (Fsp3) is 0.280. The topological polar surface area (TPSA) is 32.7 Å². The average molecular weight is 394 g/mol. The van der Waals surface area contributed by atoms with Gasteiger partial charge in [0.1, 0.15) is 24.3 Å². The van der Waals surface area contributed by atoms with Crippen molar-refractivity contribution < 1.29 is 14.2 Å². The lowest BCUT2D eigenvalue weighted by Gasteiger charge is -2.26. The van der Waals surface area contributed by atoms with Gasteiger partial charge >= 0.3 is 0 Å². The predicted molar refractivity (Wildman–Crippen MR) is 114 cm³/mol. The van der Waals surface area contributed by atoms with Crippen molar-refractivity contribution in [2.75, 3.05) is 13.2 Å². The summed E-state index contributed by atoms with van der Waals surface area (Å²) >= 11 is 0. The molecule has 0 heterocycles. The molecule has 0 fully saturated rings. The lowest BCUT2D eigenvalue weighted by atomic mass is 10.0. The Bertz CT molecular complexity index is 896. The van der Waals surface area contributed by atoms with Crippen molar-refractivity contribution in [1.29, 1.82) is 0 Å². The summed E-state index contributed by atoms with van der Waals surface area (Å²) in [5.41, 5.74) is 4.68. The number of halogens is 1. The van der Waals surface area contributed by atoms with Crippen molar-refractivity contribution in [3.63, 3.8) is 0 Å². The summed E-state index contributed by atoms with van der Waals surface area (Å²) in [5.74, 6) is 0.497. The van der Waals surface area contributed by atoms with Crippen molar-refractivity contribution in [3.05, 3.63) is 101 Å². The van der Waals surface area contributed by atoms with Crippen LogP contribution < -0.4 is 4.74 Å². The number of nitrogens with zero attached hydrogens (tertiary/aromatic N) is 1. The van der Waals surface area contributed by atoms with Crippen LogP contribution in [0.1, 0.15) is 22.3 Å². The Balaban J connectivity index is 1.68. The SMILES string of the molecule is Cc1ccc(CN(Cc2ccc(F)cc2)C[C@H](O)COc2ccccc2)c(C)c1. The molecule has 0 aliphatic heterocycles. The van der Waals surface area contributed by atoms with Gasteiger partial charge in [-0.1, -0.05) is 54.1 Å². The molecular formula is C25H28FNO2. The standard InChI is InChI=1S/C25H28FNO2/c1-19-8-11-22(20(2)14-19)16-27(15-21-9-12-23(26)13-10-21)17-24(28)18-29-25-6-4-3-5-7-25/h3-14,24,28H,15-18H2,1-2H3/t24-/m0/s1. The minimum absolute atomic E-state index is 0.219. The van der Waals surface area contributed by atoms with Gasteiger partial charge in [-0.15, -0.1) is 0 Å². The highest BCUT2D eigenvalue weighted by Gasteiger charge is 2.15. The van der Waals surface area contributed by atoms with Crippen molar-refractivity contribution in [2.45, 2.75) is 33.0 Å². The van der Waals surface area contributed by atoms with Gasteiger partial charge in [-0.25, -0.2) is 4.39 Å². The van der Waals surface area contributed by atoms with Gasteiger partial charge in [-0.2, -0.15) is 0 Å². The van der Waals surface area contributed by atoms with Crippen molar-refractivity contribution in [2.24, 2.45) is 0 Å². The van der Waals surface area contributed by atoms with Gasteiger partial charge in [0.2, 0.25) is 0 Å². The molecule has 0 bridgehead atoms. The first-order chi connectivity index (χ1) is 14.0. The zero-order valence-corrected chi connectivity index (χ0v) is 17.0. The highest BCUT2D eigenvalue weighted by atomic mass is 19.1. The zero-order chi connectivity index (χ0) is 20.6. The number of aliphatic hydroxyl groups is 1. The van der Waals surface area contributed by atoms with E-state index < -0.39 is 6.10 Å². The van der Waals surface area contributed by atoms with Gasteiger partial charge in [0.15, 0.2) is 0 Å². The molecule has 0 aliphatic rings. The first-order valence-electron chi connectivity index (χ1n) is 9.88. The summed E-state index contributed by atoms with van der Waals surface area (Å²) in [7, 11) is 0. The van der Waals surface area contributed by atoms with Crippen LogP contribution in [0.2, 0.25) is 0 Å². The molecule has 3 nitrogen and oxygen atoms in total. The van der Waals surface area contributed by atoms with Gasteiger partial charge < -0.3 is 9.84 Å². The Hall–Kier alpha value is -2.69. The fourth-order valence-electron chi connectivity index (χ4n) is 3.36. The molecule has 29 heavy (non-hydrogen) atoms. The second kappa shape index (κ2) is 10.2. The number of hydrogen-bond donors (Lipinski definition) is 1. The van der Waals surface area contributed by atoms with E-state index in [1.165, 1.54) is 28.8 Å². The number of aryl methyl sites for hydroxylation is 2. The van der Waals surface area contributed by atoms with Crippen molar-refractivity contribution in [3.8, 4) is 5.75 Å². The minimum Gasteiger partial charge on any atom is -0.491 e. The average Bonchev–Trinajstić information content (AvgIpc) is 2.71. The zero-order valence-electron chi connectivity index (χ0n) is 17.0. The van der Waals surface area contributed by atoms with Crippen LogP contribution in [0.5, 0.6) is 5.75 Å². The largest absolute Gasteiger partial charge is 0.491 e. The van der Waals surface area contributed by atoms with Crippen LogP contribution in [0, 0.1) is 19.7 Å². The first-order valence-corrected chi connectivity index (χ1v) is 9.88. The Kier molecular flexibility index (Phi) is 7.39. The Labute approximate surface area is 172 Å². The molecule has 0 unspecified atom stereocenters.